The van der Waals surface area contributed by atoms with Crippen LogP contribution < -0.4 is 4.74 Å². The van der Waals surface area contributed by atoms with Gasteiger partial charge in [-0.15, -0.1) is 34.8 Å². The van der Waals surface area contributed by atoms with Crippen molar-refractivity contribution in [2.24, 2.45) is 0 Å². The van der Waals surface area contributed by atoms with Crippen molar-refractivity contribution in [2.45, 2.75) is 10.2 Å². The molecule has 1 aromatic carbocycles. The molecule has 0 aromatic heterocycles. The standard InChI is InChI=1S/C11H9Cl3O2/c1-7(9(12)10(13)14)11(15)16-8-5-3-2-4-6-8/h2-6,9-10H,1H2. The number of carbonyl (C=O) groups excluding carboxylic acids is 1. The van der Waals surface area contributed by atoms with E-state index in [1.54, 1.807) is 24.3 Å². The van der Waals surface area contributed by atoms with E-state index in [0.29, 0.717) is 5.75 Å². The van der Waals surface area contributed by atoms with Crippen molar-refractivity contribution in [1.82, 2.24) is 0 Å². The largest absolute Gasteiger partial charge is 0.423 e. The molecule has 0 saturated carbocycles. The fraction of sp³-hybridized carbons (Fsp3) is 0.182. The molecule has 0 N–H and O–H groups in total. The Hall–Kier alpha value is -0.700. The van der Waals surface area contributed by atoms with Gasteiger partial charge in [0, 0.05) is 0 Å². The molecule has 0 saturated heterocycles. The van der Waals surface area contributed by atoms with Crippen molar-refractivity contribution < 1.29 is 9.53 Å². The normalized spacial score (nSPS) is 12.2. The molecular formula is C11H9Cl3O2. The van der Waals surface area contributed by atoms with E-state index < -0.39 is 16.2 Å². The fourth-order valence-corrected chi connectivity index (χ4v) is 1.32. The summed E-state index contributed by atoms with van der Waals surface area (Å²) < 4.78 is 5.01. The van der Waals surface area contributed by atoms with E-state index in [4.69, 9.17) is 39.5 Å². The first-order chi connectivity index (χ1) is 7.52. The van der Waals surface area contributed by atoms with E-state index in [2.05, 4.69) is 6.58 Å². The third-order valence-electron chi connectivity index (χ3n) is 1.77. The molecule has 0 aliphatic heterocycles. The summed E-state index contributed by atoms with van der Waals surface area (Å²) in [5.74, 6) is -0.226. The highest BCUT2D eigenvalue weighted by molar-refractivity contribution is 6.49. The number of halogens is 3. The number of ether oxygens (including phenoxy) is 1. The number of para-hydroxylation sites is 1. The Morgan fingerprint density at radius 1 is 1.19 bits per heavy atom. The van der Waals surface area contributed by atoms with Gasteiger partial charge in [0.15, 0.2) is 0 Å². The van der Waals surface area contributed by atoms with Crippen LogP contribution >= 0.6 is 34.8 Å². The predicted molar refractivity (Wildman–Crippen MR) is 66.4 cm³/mol. The molecule has 1 atom stereocenters. The maximum absolute atomic E-state index is 11.5. The number of esters is 1. The summed E-state index contributed by atoms with van der Waals surface area (Å²) in [4.78, 5) is 10.6. The topological polar surface area (TPSA) is 26.3 Å². The van der Waals surface area contributed by atoms with Crippen LogP contribution in [0.4, 0.5) is 0 Å². The SMILES string of the molecule is C=C(C(=O)Oc1ccccc1)C(Cl)C(Cl)Cl. The lowest BCUT2D eigenvalue weighted by Gasteiger charge is -2.12. The molecule has 1 rings (SSSR count). The van der Waals surface area contributed by atoms with E-state index in [9.17, 15) is 4.79 Å². The Kier molecular flexibility index (Phi) is 5.13. The molecule has 0 heterocycles. The highest BCUT2D eigenvalue weighted by atomic mass is 35.5. The van der Waals surface area contributed by atoms with Crippen molar-refractivity contribution >= 4 is 40.8 Å². The molecule has 0 aliphatic rings. The summed E-state index contributed by atoms with van der Waals surface area (Å²) in [6, 6.07) is 8.59. The van der Waals surface area contributed by atoms with Crippen molar-refractivity contribution in [3.05, 3.63) is 42.5 Å². The van der Waals surface area contributed by atoms with Crippen molar-refractivity contribution in [1.29, 1.82) is 0 Å². The molecule has 0 bridgehead atoms. The molecule has 86 valence electrons. The molecule has 1 aromatic rings. The number of benzene rings is 1. The minimum atomic E-state index is -0.905. The molecule has 0 aliphatic carbocycles. The van der Waals surface area contributed by atoms with Crippen molar-refractivity contribution in [2.75, 3.05) is 0 Å². The van der Waals surface area contributed by atoms with Gasteiger partial charge < -0.3 is 4.74 Å². The highest BCUT2D eigenvalue weighted by Gasteiger charge is 2.24. The van der Waals surface area contributed by atoms with Gasteiger partial charge in [0.1, 0.15) is 10.6 Å². The molecule has 5 heteroatoms. The second-order valence-corrected chi connectivity index (χ2v) is 4.60. The third-order valence-corrected chi connectivity index (χ3v) is 3.05. The lowest BCUT2D eigenvalue weighted by Crippen LogP contribution is -2.22. The van der Waals surface area contributed by atoms with Gasteiger partial charge in [-0.3, -0.25) is 0 Å². The van der Waals surface area contributed by atoms with Crippen molar-refractivity contribution in [3.8, 4) is 5.75 Å². The zero-order chi connectivity index (χ0) is 12.1. The fourth-order valence-electron chi connectivity index (χ4n) is 0.926. The summed E-state index contributed by atoms with van der Waals surface area (Å²) in [5.41, 5.74) is 0.0283. The van der Waals surface area contributed by atoms with Crippen LogP contribution in [0.15, 0.2) is 42.5 Å². The van der Waals surface area contributed by atoms with Gasteiger partial charge in [0.25, 0.3) is 0 Å². The average Bonchev–Trinajstić information content (AvgIpc) is 2.28. The highest BCUT2D eigenvalue weighted by Crippen LogP contribution is 2.22. The molecule has 16 heavy (non-hydrogen) atoms. The maximum atomic E-state index is 11.5. The van der Waals surface area contributed by atoms with Gasteiger partial charge in [0.2, 0.25) is 0 Å². The van der Waals surface area contributed by atoms with Crippen LogP contribution in [0.1, 0.15) is 0 Å². The van der Waals surface area contributed by atoms with Gasteiger partial charge in [0.05, 0.1) is 11.0 Å². The summed E-state index contributed by atoms with van der Waals surface area (Å²) >= 11 is 16.8. The second kappa shape index (κ2) is 6.14. The number of rotatable bonds is 4. The molecule has 2 nitrogen and oxygen atoms in total. The Bertz CT molecular complexity index is 376. The average molecular weight is 280 g/mol. The van der Waals surface area contributed by atoms with Crippen molar-refractivity contribution in [3.63, 3.8) is 0 Å². The minimum absolute atomic E-state index is 0.0283. The van der Waals surface area contributed by atoms with Gasteiger partial charge in [-0.1, -0.05) is 24.8 Å². The Balaban J connectivity index is 2.63. The first kappa shape index (κ1) is 13.4. The number of alkyl halides is 3. The lowest BCUT2D eigenvalue weighted by molar-refractivity contribution is -0.130. The molecule has 0 amide bonds. The second-order valence-electron chi connectivity index (χ2n) is 2.96. The van der Waals surface area contributed by atoms with Gasteiger partial charge in [-0.2, -0.15) is 0 Å². The van der Waals surface area contributed by atoms with Gasteiger partial charge >= 0.3 is 5.97 Å². The summed E-state index contributed by atoms with van der Waals surface area (Å²) in [7, 11) is 0. The molecule has 0 fully saturated rings. The molecule has 0 spiro atoms. The first-order valence-corrected chi connectivity index (χ1v) is 5.71. The van der Waals surface area contributed by atoms with E-state index in [0.717, 1.165) is 0 Å². The predicted octanol–water partition coefficient (Wildman–Crippen LogP) is 3.56. The van der Waals surface area contributed by atoms with E-state index >= 15 is 0 Å². The zero-order valence-electron chi connectivity index (χ0n) is 8.20. The van der Waals surface area contributed by atoms with E-state index in [1.807, 2.05) is 6.07 Å². The first-order valence-electron chi connectivity index (χ1n) is 4.40. The number of hydrogen-bond acceptors (Lipinski definition) is 2. The lowest BCUT2D eigenvalue weighted by atomic mass is 10.2. The smallest absolute Gasteiger partial charge is 0.340 e. The van der Waals surface area contributed by atoms with Crippen LogP contribution in [0.5, 0.6) is 5.75 Å². The van der Waals surface area contributed by atoms with E-state index in [-0.39, 0.29) is 5.57 Å². The Morgan fingerprint density at radius 2 is 1.75 bits per heavy atom. The maximum Gasteiger partial charge on any atom is 0.340 e. The van der Waals surface area contributed by atoms with Crippen LogP contribution in [0.2, 0.25) is 0 Å². The monoisotopic (exact) mass is 278 g/mol. The van der Waals surface area contributed by atoms with Crippen LogP contribution in [-0.2, 0) is 4.79 Å². The molecular weight excluding hydrogens is 270 g/mol. The van der Waals surface area contributed by atoms with Crippen LogP contribution in [-0.4, -0.2) is 16.2 Å². The van der Waals surface area contributed by atoms with Crippen LogP contribution in [0, 0.1) is 0 Å². The quantitative estimate of drug-likeness (QED) is 0.364. The minimum Gasteiger partial charge on any atom is -0.423 e. The summed E-state index contributed by atoms with van der Waals surface area (Å²) in [6.45, 7) is 3.50. The van der Waals surface area contributed by atoms with E-state index in [1.165, 1.54) is 0 Å². The number of carbonyl (C=O) groups is 1. The Morgan fingerprint density at radius 3 is 2.25 bits per heavy atom. The van der Waals surface area contributed by atoms with Crippen LogP contribution in [0.3, 0.4) is 0 Å². The summed E-state index contributed by atoms with van der Waals surface area (Å²) in [5, 5.41) is -0.862. The molecule has 0 radical (unpaired) electrons. The van der Waals surface area contributed by atoms with Gasteiger partial charge in [-0.05, 0) is 12.1 Å². The third kappa shape index (κ3) is 3.71. The Labute approximate surface area is 109 Å². The van der Waals surface area contributed by atoms with Gasteiger partial charge in [-0.25, -0.2) is 4.79 Å². The summed E-state index contributed by atoms with van der Waals surface area (Å²) in [6.07, 6.45) is 0. The molecule has 1 unspecified atom stereocenters. The zero-order valence-corrected chi connectivity index (χ0v) is 10.5. The van der Waals surface area contributed by atoms with Crippen LogP contribution in [0.25, 0.3) is 0 Å². The number of hydrogen-bond donors (Lipinski definition) is 0.